The molecule has 0 aromatic heterocycles. The third-order valence-corrected chi connectivity index (χ3v) is 1.06. The third-order valence-electron chi connectivity index (χ3n) is 1.06. The van der Waals surface area contributed by atoms with Gasteiger partial charge in [0.15, 0.2) is 0 Å². The van der Waals surface area contributed by atoms with Crippen LogP contribution in [0, 0.1) is 0 Å². The minimum Gasteiger partial charge on any atom is -0.412 e. The van der Waals surface area contributed by atoms with Crippen molar-refractivity contribution in [2.45, 2.75) is 0 Å². The Labute approximate surface area is 84.6 Å². The molecule has 0 fully saturated rings. The largest absolute Gasteiger partial charge is 0.412 e. The molecule has 0 saturated heterocycles. The lowest BCUT2D eigenvalue weighted by Crippen LogP contribution is -2.09. The maximum absolute atomic E-state index is 10.4. The lowest BCUT2D eigenvalue weighted by molar-refractivity contribution is 0.100. The summed E-state index contributed by atoms with van der Waals surface area (Å²) in [5.41, 5.74) is 5.53. The molecule has 0 heterocycles. The highest BCUT2D eigenvalue weighted by molar-refractivity contribution is 5.92. The van der Waals surface area contributed by atoms with E-state index in [1.807, 2.05) is 32.1 Å². The molecule has 4 heteroatoms. The van der Waals surface area contributed by atoms with Crippen molar-refractivity contribution in [3.05, 3.63) is 35.9 Å². The highest BCUT2D eigenvalue weighted by Crippen LogP contribution is 1.94. The fourth-order valence-electron chi connectivity index (χ4n) is 0.602. The van der Waals surface area contributed by atoms with Crippen molar-refractivity contribution < 1.29 is 10.3 Å². The zero-order valence-corrected chi connectivity index (χ0v) is 8.82. The zero-order valence-electron chi connectivity index (χ0n) is 8.82. The van der Waals surface area contributed by atoms with E-state index in [-0.39, 0.29) is 11.4 Å². The van der Waals surface area contributed by atoms with Crippen LogP contribution in [0.2, 0.25) is 0 Å². The van der Waals surface area contributed by atoms with Crippen LogP contribution in [0.3, 0.4) is 0 Å². The summed E-state index contributed by atoms with van der Waals surface area (Å²) in [5, 5.41) is 0. The van der Waals surface area contributed by atoms with Crippen molar-refractivity contribution in [1.82, 2.24) is 4.90 Å². The normalized spacial score (nSPS) is 8.29. The van der Waals surface area contributed by atoms with Crippen molar-refractivity contribution in [2.75, 3.05) is 21.1 Å². The second-order valence-electron chi connectivity index (χ2n) is 3.07. The molecule has 0 saturated carbocycles. The molecule has 80 valence electrons. The standard InChI is InChI=1S/C7H7NO.C3H9N.H2O/c8-7(9)6-4-2-1-3-5-6;1-4(2)3;/h1-5H,(H2,8,9);1-3H3;1H2. The fraction of sp³-hybridized carbons (Fsp3) is 0.300. The van der Waals surface area contributed by atoms with Gasteiger partial charge in [0, 0.05) is 5.56 Å². The van der Waals surface area contributed by atoms with Crippen LogP contribution in [0.1, 0.15) is 10.4 Å². The topological polar surface area (TPSA) is 77.8 Å². The van der Waals surface area contributed by atoms with E-state index in [2.05, 4.69) is 0 Å². The van der Waals surface area contributed by atoms with Gasteiger partial charge in [0.2, 0.25) is 5.91 Å². The smallest absolute Gasteiger partial charge is 0.248 e. The molecule has 4 nitrogen and oxygen atoms in total. The van der Waals surface area contributed by atoms with E-state index in [9.17, 15) is 4.79 Å². The highest BCUT2D eigenvalue weighted by atomic mass is 16.1. The van der Waals surface area contributed by atoms with Gasteiger partial charge in [0.25, 0.3) is 0 Å². The summed E-state index contributed by atoms with van der Waals surface area (Å²) in [6, 6.07) is 8.76. The minimum atomic E-state index is -0.379. The second kappa shape index (κ2) is 8.22. The molecule has 14 heavy (non-hydrogen) atoms. The van der Waals surface area contributed by atoms with Gasteiger partial charge in [-0.3, -0.25) is 4.79 Å². The zero-order chi connectivity index (χ0) is 10.3. The number of rotatable bonds is 1. The first-order valence-electron chi connectivity index (χ1n) is 4.00. The van der Waals surface area contributed by atoms with Crippen molar-refractivity contribution >= 4 is 5.91 Å². The molecule has 1 aromatic carbocycles. The summed E-state index contributed by atoms with van der Waals surface area (Å²) in [4.78, 5) is 12.4. The number of nitrogens with two attached hydrogens (primary N) is 1. The third kappa shape index (κ3) is 8.70. The van der Waals surface area contributed by atoms with Gasteiger partial charge in [-0.15, -0.1) is 0 Å². The molecule has 1 aromatic rings. The first kappa shape index (κ1) is 15.1. The minimum absolute atomic E-state index is 0. The van der Waals surface area contributed by atoms with E-state index in [1.54, 1.807) is 24.3 Å². The number of hydrogen-bond donors (Lipinski definition) is 1. The van der Waals surface area contributed by atoms with Gasteiger partial charge in [-0.1, -0.05) is 18.2 Å². The maximum atomic E-state index is 10.4. The molecule has 0 radical (unpaired) electrons. The first-order valence-corrected chi connectivity index (χ1v) is 4.00. The molecule has 0 aliphatic rings. The molecule has 0 spiro atoms. The SMILES string of the molecule is CN(C)C.NC(=O)c1ccccc1.O. The summed E-state index contributed by atoms with van der Waals surface area (Å²) in [6.45, 7) is 0. The Bertz CT molecular complexity index is 245. The lowest BCUT2D eigenvalue weighted by Gasteiger charge is -1.90. The average Bonchev–Trinajstić information content (AvgIpc) is 2.05. The molecule has 0 aliphatic carbocycles. The van der Waals surface area contributed by atoms with Gasteiger partial charge in [0.05, 0.1) is 0 Å². The van der Waals surface area contributed by atoms with Crippen LogP contribution in [0.5, 0.6) is 0 Å². The summed E-state index contributed by atoms with van der Waals surface area (Å²) >= 11 is 0. The van der Waals surface area contributed by atoms with Gasteiger partial charge in [-0.2, -0.15) is 0 Å². The van der Waals surface area contributed by atoms with E-state index in [0.29, 0.717) is 5.56 Å². The summed E-state index contributed by atoms with van der Waals surface area (Å²) < 4.78 is 0. The molecular formula is C10H18N2O2. The summed E-state index contributed by atoms with van der Waals surface area (Å²) in [5.74, 6) is -0.379. The molecule has 4 N–H and O–H groups in total. The fourth-order valence-corrected chi connectivity index (χ4v) is 0.602. The molecule has 0 bridgehead atoms. The van der Waals surface area contributed by atoms with Crippen LogP contribution in [0.4, 0.5) is 0 Å². The summed E-state index contributed by atoms with van der Waals surface area (Å²) in [7, 11) is 6.00. The molecule has 1 rings (SSSR count). The Hall–Kier alpha value is -1.39. The molecule has 0 aliphatic heterocycles. The average molecular weight is 198 g/mol. The Balaban J connectivity index is 0. The van der Waals surface area contributed by atoms with Gasteiger partial charge < -0.3 is 16.1 Å². The lowest BCUT2D eigenvalue weighted by atomic mass is 10.2. The van der Waals surface area contributed by atoms with Crippen molar-refractivity contribution in [3.63, 3.8) is 0 Å². The molecule has 1 amide bonds. The molecule has 0 unspecified atom stereocenters. The predicted octanol–water partition coefficient (Wildman–Crippen LogP) is 0.139. The van der Waals surface area contributed by atoms with Gasteiger partial charge in [0.1, 0.15) is 0 Å². The quantitative estimate of drug-likeness (QED) is 0.696. The van der Waals surface area contributed by atoms with Crippen LogP contribution in [-0.4, -0.2) is 37.4 Å². The van der Waals surface area contributed by atoms with E-state index in [1.165, 1.54) is 0 Å². The van der Waals surface area contributed by atoms with Gasteiger partial charge in [-0.05, 0) is 33.3 Å². The first-order chi connectivity index (χ1) is 6.04. The Kier molecular flexibility index (Phi) is 8.86. The summed E-state index contributed by atoms with van der Waals surface area (Å²) in [6.07, 6.45) is 0. The van der Waals surface area contributed by atoms with Gasteiger partial charge >= 0.3 is 0 Å². The van der Waals surface area contributed by atoms with Crippen molar-refractivity contribution in [1.29, 1.82) is 0 Å². The van der Waals surface area contributed by atoms with Crippen LogP contribution >= 0.6 is 0 Å². The van der Waals surface area contributed by atoms with E-state index < -0.39 is 0 Å². The molecule has 0 atom stereocenters. The highest BCUT2D eigenvalue weighted by Gasteiger charge is 1.93. The number of hydrogen-bond acceptors (Lipinski definition) is 2. The van der Waals surface area contributed by atoms with Gasteiger partial charge in [-0.25, -0.2) is 0 Å². The maximum Gasteiger partial charge on any atom is 0.248 e. The number of amides is 1. The number of carbonyl (C=O) groups excluding carboxylic acids is 1. The number of benzene rings is 1. The van der Waals surface area contributed by atoms with E-state index in [0.717, 1.165) is 0 Å². The number of carbonyl (C=O) groups is 1. The molecular weight excluding hydrogens is 180 g/mol. The van der Waals surface area contributed by atoms with Crippen LogP contribution < -0.4 is 5.73 Å². The number of primary amides is 1. The van der Waals surface area contributed by atoms with Crippen molar-refractivity contribution in [2.24, 2.45) is 5.73 Å². The van der Waals surface area contributed by atoms with E-state index in [4.69, 9.17) is 5.73 Å². The Morgan fingerprint density at radius 3 is 1.71 bits per heavy atom. The second-order valence-corrected chi connectivity index (χ2v) is 3.07. The van der Waals surface area contributed by atoms with Crippen LogP contribution in [0.15, 0.2) is 30.3 Å². The Morgan fingerprint density at radius 2 is 1.50 bits per heavy atom. The van der Waals surface area contributed by atoms with Crippen molar-refractivity contribution in [3.8, 4) is 0 Å². The number of nitrogens with zero attached hydrogens (tertiary/aromatic N) is 1. The predicted molar refractivity (Wildman–Crippen MR) is 58.2 cm³/mol. The monoisotopic (exact) mass is 198 g/mol. The van der Waals surface area contributed by atoms with Crippen LogP contribution in [0.25, 0.3) is 0 Å². The van der Waals surface area contributed by atoms with Crippen LogP contribution in [-0.2, 0) is 0 Å². The van der Waals surface area contributed by atoms with E-state index >= 15 is 0 Å². The Morgan fingerprint density at radius 1 is 1.14 bits per heavy atom.